The second-order valence-electron chi connectivity index (χ2n) is 7.27. The van der Waals surface area contributed by atoms with Crippen LogP contribution in [0.5, 0.6) is 0 Å². The third-order valence-electron chi connectivity index (χ3n) is 5.21. The number of carbonyl (C=O) groups is 1. The third-order valence-corrected chi connectivity index (χ3v) is 6.52. The highest BCUT2D eigenvalue weighted by molar-refractivity contribution is 7.15. The second-order valence-corrected chi connectivity index (χ2v) is 8.76. The Morgan fingerprint density at radius 1 is 1.32 bits per heavy atom. The molecule has 1 aromatic heterocycles. The second kappa shape index (κ2) is 8.23. The molecule has 4 rings (SSSR count). The lowest BCUT2D eigenvalue weighted by Crippen LogP contribution is -2.38. The monoisotopic (exact) mass is 424 g/mol. The maximum atomic E-state index is 13.3. The number of halogens is 2. The average molecular weight is 425 g/mol. The molecule has 1 fully saturated rings. The number of aromatic nitrogens is 1. The van der Waals surface area contributed by atoms with Crippen molar-refractivity contribution >= 4 is 39.8 Å². The molecule has 0 spiro atoms. The molecule has 150 valence electrons. The lowest BCUT2D eigenvalue weighted by Gasteiger charge is -2.26. The van der Waals surface area contributed by atoms with Gasteiger partial charge in [-0.15, -0.1) is 0 Å². The van der Waals surface area contributed by atoms with E-state index in [1.54, 1.807) is 16.2 Å². The van der Waals surface area contributed by atoms with Gasteiger partial charge >= 0.3 is 6.03 Å². The Morgan fingerprint density at radius 2 is 2.11 bits per heavy atom. The minimum atomic E-state index is -0.514. The number of hydrogen-bond acceptors (Lipinski definition) is 5. The van der Waals surface area contributed by atoms with Gasteiger partial charge in [0.1, 0.15) is 5.82 Å². The lowest BCUT2D eigenvalue weighted by atomic mass is 9.93. The number of aliphatic hydroxyl groups excluding tert-OH is 1. The van der Waals surface area contributed by atoms with Gasteiger partial charge in [0.2, 0.25) is 0 Å². The van der Waals surface area contributed by atoms with Crippen molar-refractivity contribution in [2.45, 2.75) is 50.8 Å². The molecule has 2 amide bonds. The van der Waals surface area contributed by atoms with Crippen molar-refractivity contribution in [2.75, 3.05) is 17.2 Å². The van der Waals surface area contributed by atoms with Gasteiger partial charge in [-0.2, -0.15) is 0 Å². The highest BCUT2D eigenvalue weighted by atomic mass is 35.5. The number of benzene rings is 1. The van der Waals surface area contributed by atoms with Gasteiger partial charge in [-0.1, -0.05) is 22.9 Å². The molecular formula is C19H22ClFN4O2S. The Hall–Kier alpha value is -1.90. The predicted molar refractivity (Wildman–Crippen MR) is 109 cm³/mol. The Kier molecular flexibility index (Phi) is 5.70. The van der Waals surface area contributed by atoms with E-state index in [9.17, 15) is 14.3 Å². The van der Waals surface area contributed by atoms with E-state index in [0.717, 1.165) is 41.4 Å². The lowest BCUT2D eigenvalue weighted by molar-refractivity contribution is 0.126. The van der Waals surface area contributed by atoms with Crippen molar-refractivity contribution in [2.24, 2.45) is 0 Å². The van der Waals surface area contributed by atoms with Gasteiger partial charge in [-0.05, 0) is 43.9 Å². The van der Waals surface area contributed by atoms with E-state index < -0.39 is 5.82 Å². The summed E-state index contributed by atoms with van der Waals surface area (Å²) in [5, 5.41) is 16.7. The topological polar surface area (TPSA) is 77.5 Å². The van der Waals surface area contributed by atoms with Crippen LogP contribution in [0.1, 0.15) is 36.3 Å². The fourth-order valence-corrected chi connectivity index (χ4v) is 4.88. The normalized spacial score (nSPS) is 21.9. The number of thiazole rings is 1. The highest BCUT2D eigenvalue weighted by Crippen LogP contribution is 2.31. The molecule has 1 saturated carbocycles. The van der Waals surface area contributed by atoms with E-state index in [4.69, 9.17) is 16.6 Å². The number of nitrogens with one attached hydrogen (secondary N) is 2. The number of amides is 2. The van der Waals surface area contributed by atoms with Gasteiger partial charge in [0.05, 0.1) is 23.4 Å². The molecule has 0 unspecified atom stereocenters. The maximum absolute atomic E-state index is 13.3. The number of anilines is 2. The smallest absolute Gasteiger partial charge is 0.322 e. The summed E-state index contributed by atoms with van der Waals surface area (Å²) in [6.45, 7) is 1.07. The molecule has 2 heterocycles. The van der Waals surface area contributed by atoms with Crippen molar-refractivity contribution < 1.29 is 14.3 Å². The van der Waals surface area contributed by atoms with E-state index in [2.05, 4.69) is 10.6 Å². The predicted octanol–water partition coefficient (Wildman–Crippen LogP) is 4.24. The van der Waals surface area contributed by atoms with Crippen LogP contribution in [-0.2, 0) is 13.0 Å². The molecule has 2 aromatic rings. The number of rotatable bonds is 3. The van der Waals surface area contributed by atoms with Crippen LogP contribution in [0.15, 0.2) is 18.2 Å². The molecule has 1 aliphatic carbocycles. The zero-order valence-corrected chi connectivity index (χ0v) is 16.8. The molecule has 9 heteroatoms. The Morgan fingerprint density at radius 3 is 2.86 bits per heavy atom. The Labute approximate surface area is 171 Å². The summed E-state index contributed by atoms with van der Waals surface area (Å²) in [6, 6.07) is 4.23. The number of urea groups is 1. The van der Waals surface area contributed by atoms with Crippen molar-refractivity contribution in [1.29, 1.82) is 0 Å². The summed E-state index contributed by atoms with van der Waals surface area (Å²) in [5.41, 5.74) is 1.51. The molecule has 3 N–H and O–H groups in total. The van der Waals surface area contributed by atoms with E-state index in [-0.39, 0.29) is 17.2 Å². The number of fused-ring (bicyclic) bond motifs is 1. The van der Waals surface area contributed by atoms with E-state index in [0.29, 0.717) is 31.2 Å². The van der Waals surface area contributed by atoms with Crippen LogP contribution in [0.3, 0.4) is 0 Å². The standard InChI is InChI=1S/C19H22ClFN4O2S/c20-14-9-12(3-6-15(14)21)23-19(27)25-8-7-16-17(10-25)28-18(24-16)22-11-1-4-13(26)5-2-11/h3,6,9,11,13,26H,1-2,4-5,7-8,10H2,(H,22,24)(H,23,27)/t11-,13+. The van der Waals surface area contributed by atoms with Gasteiger partial charge in [-0.3, -0.25) is 0 Å². The summed E-state index contributed by atoms with van der Waals surface area (Å²) >= 11 is 7.36. The quantitative estimate of drug-likeness (QED) is 0.688. The first kappa shape index (κ1) is 19.4. The molecule has 1 aliphatic heterocycles. The summed E-state index contributed by atoms with van der Waals surface area (Å²) in [5.74, 6) is -0.514. The van der Waals surface area contributed by atoms with Crippen LogP contribution in [0.2, 0.25) is 5.02 Å². The van der Waals surface area contributed by atoms with Crippen molar-refractivity contribution in [3.05, 3.63) is 39.6 Å². The first-order valence-electron chi connectivity index (χ1n) is 9.42. The van der Waals surface area contributed by atoms with Crippen molar-refractivity contribution in [3.8, 4) is 0 Å². The van der Waals surface area contributed by atoms with E-state index in [1.807, 2.05) is 0 Å². The summed E-state index contributed by atoms with van der Waals surface area (Å²) in [6.07, 6.45) is 4.06. The van der Waals surface area contributed by atoms with Crippen LogP contribution in [0.25, 0.3) is 0 Å². The minimum absolute atomic E-state index is 0.0212. The highest BCUT2D eigenvalue weighted by Gasteiger charge is 2.26. The van der Waals surface area contributed by atoms with Gasteiger partial charge in [0.15, 0.2) is 5.13 Å². The molecular weight excluding hydrogens is 403 g/mol. The van der Waals surface area contributed by atoms with E-state index >= 15 is 0 Å². The zero-order chi connectivity index (χ0) is 19.7. The average Bonchev–Trinajstić information content (AvgIpc) is 3.08. The molecule has 0 radical (unpaired) electrons. The third kappa shape index (κ3) is 4.39. The van der Waals surface area contributed by atoms with Gasteiger partial charge < -0.3 is 20.6 Å². The molecule has 6 nitrogen and oxygen atoms in total. The van der Waals surface area contributed by atoms with E-state index in [1.165, 1.54) is 18.2 Å². The summed E-state index contributed by atoms with van der Waals surface area (Å²) < 4.78 is 13.3. The molecule has 0 saturated heterocycles. The summed E-state index contributed by atoms with van der Waals surface area (Å²) in [7, 11) is 0. The Balaban J connectivity index is 1.37. The van der Waals surface area contributed by atoms with Crippen LogP contribution in [0, 0.1) is 5.82 Å². The van der Waals surface area contributed by atoms with Crippen LogP contribution in [0.4, 0.5) is 20.0 Å². The molecule has 1 aromatic carbocycles. The number of carbonyl (C=O) groups excluding carboxylic acids is 1. The molecule has 0 bridgehead atoms. The fraction of sp³-hybridized carbons (Fsp3) is 0.474. The van der Waals surface area contributed by atoms with Gasteiger partial charge in [-0.25, -0.2) is 14.2 Å². The first-order chi connectivity index (χ1) is 13.5. The van der Waals surface area contributed by atoms with Crippen LogP contribution >= 0.6 is 22.9 Å². The minimum Gasteiger partial charge on any atom is -0.393 e. The first-order valence-corrected chi connectivity index (χ1v) is 10.6. The van der Waals surface area contributed by atoms with Crippen LogP contribution < -0.4 is 10.6 Å². The SMILES string of the molecule is O=C(Nc1ccc(F)c(Cl)c1)N1CCc2nc(N[C@H]3CC[C@@H](O)CC3)sc2C1. The van der Waals surface area contributed by atoms with Crippen LogP contribution in [-0.4, -0.2) is 39.7 Å². The molecule has 28 heavy (non-hydrogen) atoms. The van der Waals surface area contributed by atoms with Crippen molar-refractivity contribution in [1.82, 2.24) is 9.88 Å². The number of aliphatic hydroxyl groups is 1. The summed E-state index contributed by atoms with van der Waals surface area (Å²) in [4.78, 5) is 20.0. The van der Waals surface area contributed by atoms with Gasteiger partial charge in [0.25, 0.3) is 0 Å². The number of nitrogens with zero attached hydrogens (tertiary/aromatic N) is 2. The Bertz CT molecular complexity index is 870. The fourth-order valence-electron chi connectivity index (χ4n) is 3.60. The molecule has 2 aliphatic rings. The zero-order valence-electron chi connectivity index (χ0n) is 15.3. The number of hydrogen-bond donors (Lipinski definition) is 3. The largest absolute Gasteiger partial charge is 0.393 e. The molecule has 0 atom stereocenters. The maximum Gasteiger partial charge on any atom is 0.322 e. The van der Waals surface area contributed by atoms with Crippen molar-refractivity contribution in [3.63, 3.8) is 0 Å². The van der Waals surface area contributed by atoms with Gasteiger partial charge in [0, 0.05) is 29.6 Å².